The van der Waals surface area contributed by atoms with E-state index < -0.39 is 0 Å². The molecule has 5 rings (SSSR count). The maximum absolute atomic E-state index is 13.0. The van der Waals surface area contributed by atoms with Gasteiger partial charge < -0.3 is 5.32 Å². The molecule has 3 aromatic heterocycles. The Bertz CT molecular complexity index is 1290. The number of rotatable bonds is 6. The van der Waals surface area contributed by atoms with Crippen LogP contribution in [0.2, 0.25) is 0 Å². The number of carbonyl (C=O) groups is 1. The lowest BCUT2D eigenvalue weighted by Crippen LogP contribution is -2.36. The summed E-state index contributed by atoms with van der Waals surface area (Å²) < 4.78 is 4.13. The van der Waals surface area contributed by atoms with Gasteiger partial charge >= 0.3 is 5.69 Å². The van der Waals surface area contributed by atoms with E-state index in [1.165, 1.54) is 9.08 Å². The fraction of sp³-hybridized carbons (Fsp3) is 0.304. The first-order chi connectivity index (χ1) is 15.2. The van der Waals surface area contributed by atoms with Crippen LogP contribution in [0.1, 0.15) is 30.2 Å². The largest absolute Gasteiger partial charge is 0.356 e. The van der Waals surface area contributed by atoms with Crippen molar-refractivity contribution in [1.82, 2.24) is 24.5 Å². The van der Waals surface area contributed by atoms with Gasteiger partial charge in [0, 0.05) is 25.2 Å². The molecule has 1 aliphatic rings. The number of pyridine rings is 1. The van der Waals surface area contributed by atoms with E-state index in [1.807, 2.05) is 24.3 Å². The second-order valence-corrected chi connectivity index (χ2v) is 8.82. The van der Waals surface area contributed by atoms with Crippen LogP contribution in [0.15, 0.2) is 65.6 Å². The van der Waals surface area contributed by atoms with Crippen molar-refractivity contribution in [1.29, 1.82) is 0 Å². The Balaban J connectivity index is 1.22. The summed E-state index contributed by atoms with van der Waals surface area (Å²) in [6.07, 6.45) is 8.14. The van der Waals surface area contributed by atoms with Gasteiger partial charge in [0.25, 0.3) is 0 Å². The number of fused-ring (bicyclic) bond motifs is 2. The highest BCUT2D eigenvalue weighted by molar-refractivity contribution is 7.18. The number of benzene rings is 1. The summed E-state index contributed by atoms with van der Waals surface area (Å²) in [7, 11) is 0. The Morgan fingerprint density at radius 3 is 2.84 bits per heavy atom. The van der Waals surface area contributed by atoms with Crippen molar-refractivity contribution in [2.45, 2.75) is 31.7 Å². The molecule has 0 spiro atoms. The molecule has 4 aromatic rings. The highest BCUT2D eigenvalue weighted by Crippen LogP contribution is 2.38. The van der Waals surface area contributed by atoms with E-state index in [4.69, 9.17) is 4.98 Å². The van der Waals surface area contributed by atoms with Crippen molar-refractivity contribution in [3.8, 4) is 0 Å². The molecule has 0 bridgehead atoms. The lowest BCUT2D eigenvalue weighted by Gasteiger charge is -2.26. The molecule has 2 atom stereocenters. The van der Waals surface area contributed by atoms with Gasteiger partial charge in [-0.15, -0.1) is 16.4 Å². The molecular weight excluding hydrogens is 410 g/mol. The molecule has 0 aliphatic heterocycles. The van der Waals surface area contributed by atoms with E-state index in [0.29, 0.717) is 25.2 Å². The average Bonchev–Trinajstić information content (AvgIpc) is 3.38. The number of aryl methyl sites for hydroxylation is 1. The SMILES string of the molecule is O=C(NCCCn1nc2ccccn2c1=O)C1CC=CCC1c1nc2ccccc2s1. The summed E-state index contributed by atoms with van der Waals surface area (Å²) in [4.78, 5) is 30.1. The Labute approximate surface area is 183 Å². The Morgan fingerprint density at radius 1 is 1.13 bits per heavy atom. The molecule has 2 unspecified atom stereocenters. The zero-order chi connectivity index (χ0) is 21.2. The Kier molecular flexibility index (Phi) is 5.38. The highest BCUT2D eigenvalue weighted by atomic mass is 32.1. The second-order valence-electron chi connectivity index (χ2n) is 7.75. The topological polar surface area (TPSA) is 81.3 Å². The van der Waals surface area contributed by atoms with Crippen LogP contribution >= 0.6 is 11.3 Å². The predicted octanol–water partition coefficient (Wildman–Crippen LogP) is 3.36. The molecule has 158 valence electrons. The number of hydrogen-bond donors (Lipinski definition) is 1. The van der Waals surface area contributed by atoms with Crippen LogP contribution in [0.4, 0.5) is 0 Å². The zero-order valence-corrected chi connectivity index (χ0v) is 17.8. The standard InChI is InChI=1S/C23H23N5O2S/c29-21(24-13-7-15-28-23(30)27-14-6-5-12-20(27)26-28)16-8-1-2-9-17(16)22-25-18-10-3-4-11-19(18)31-22/h1-6,10-12,14,16-17H,7-9,13,15H2,(H,24,29). The monoisotopic (exact) mass is 433 g/mol. The lowest BCUT2D eigenvalue weighted by molar-refractivity contribution is -0.125. The van der Waals surface area contributed by atoms with Gasteiger partial charge in [0.15, 0.2) is 5.65 Å². The van der Waals surface area contributed by atoms with Crippen LogP contribution in [-0.4, -0.2) is 31.6 Å². The number of allylic oxidation sites excluding steroid dienone is 2. The average molecular weight is 434 g/mol. The van der Waals surface area contributed by atoms with Crippen LogP contribution < -0.4 is 11.0 Å². The quantitative estimate of drug-likeness (QED) is 0.373. The summed E-state index contributed by atoms with van der Waals surface area (Å²) in [5.74, 6) is 0.0305. The molecule has 1 amide bonds. The third-order valence-electron chi connectivity index (χ3n) is 5.73. The van der Waals surface area contributed by atoms with Crippen LogP contribution in [0, 0.1) is 5.92 Å². The van der Waals surface area contributed by atoms with Gasteiger partial charge in [-0.1, -0.05) is 30.4 Å². The van der Waals surface area contributed by atoms with Crippen molar-refractivity contribution < 1.29 is 4.79 Å². The molecular formula is C23H23N5O2S. The van der Waals surface area contributed by atoms with Crippen molar-refractivity contribution in [2.75, 3.05) is 6.54 Å². The first-order valence-corrected chi connectivity index (χ1v) is 11.3. The highest BCUT2D eigenvalue weighted by Gasteiger charge is 2.32. The molecule has 1 N–H and O–H groups in total. The number of carbonyl (C=O) groups excluding carboxylic acids is 1. The lowest BCUT2D eigenvalue weighted by atomic mass is 9.82. The van der Waals surface area contributed by atoms with E-state index in [2.05, 4.69) is 28.6 Å². The molecule has 0 saturated carbocycles. The number of nitrogens with one attached hydrogen (secondary N) is 1. The first-order valence-electron chi connectivity index (χ1n) is 10.5. The van der Waals surface area contributed by atoms with Gasteiger partial charge in [0.1, 0.15) is 0 Å². The third kappa shape index (κ3) is 3.90. The molecule has 1 aromatic carbocycles. The van der Waals surface area contributed by atoms with Gasteiger partial charge in [-0.05, 0) is 43.5 Å². The third-order valence-corrected chi connectivity index (χ3v) is 6.90. The number of thiazole rings is 1. The fourth-order valence-corrected chi connectivity index (χ4v) is 5.26. The summed E-state index contributed by atoms with van der Waals surface area (Å²) in [5.41, 5.74) is 1.47. The van der Waals surface area contributed by atoms with Crippen molar-refractivity contribution in [3.05, 3.63) is 76.3 Å². The van der Waals surface area contributed by atoms with Crippen LogP contribution in [-0.2, 0) is 11.3 Å². The minimum Gasteiger partial charge on any atom is -0.356 e. The van der Waals surface area contributed by atoms with Crippen molar-refractivity contribution in [2.24, 2.45) is 5.92 Å². The van der Waals surface area contributed by atoms with E-state index in [-0.39, 0.29) is 23.4 Å². The van der Waals surface area contributed by atoms with E-state index in [9.17, 15) is 9.59 Å². The van der Waals surface area contributed by atoms with Crippen LogP contribution in [0.3, 0.4) is 0 Å². The minimum atomic E-state index is -0.157. The van der Waals surface area contributed by atoms with Gasteiger partial charge in [-0.3, -0.25) is 9.20 Å². The number of nitrogens with zero attached hydrogens (tertiary/aromatic N) is 4. The Hall–Kier alpha value is -3.26. The second kappa shape index (κ2) is 8.47. The van der Waals surface area contributed by atoms with Gasteiger partial charge in [0.2, 0.25) is 5.91 Å². The maximum Gasteiger partial charge on any atom is 0.350 e. The van der Waals surface area contributed by atoms with Crippen molar-refractivity contribution >= 4 is 33.1 Å². The normalized spacial score (nSPS) is 18.6. The maximum atomic E-state index is 13.0. The molecule has 3 heterocycles. The van der Waals surface area contributed by atoms with E-state index in [1.54, 1.807) is 29.7 Å². The van der Waals surface area contributed by atoms with Gasteiger partial charge in [-0.2, -0.15) is 0 Å². The van der Waals surface area contributed by atoms with Crippen LogP contribution in [0.25, 0.3) is 15.9 Å². The summed E-state index contributed by atoms with van der Waals surface area (Å²) >= 11 is 1.68. The van der Waals surface area contributed by atoms with Gasteiger partial charge in [0.05, 0.1) is 21.1 Å². The molecule has 8 heteroatoms. The molecule has 31 heavy (non-hydrogen) atoms. The molecule has 0 radical (unpaired) electrons. The predicted molar refractivity (Wildman–Crippen MR) is 121 cm³/mol. The van der Waals surface area contributed by atoms with E-state index in [0.717, 1.165) is 28.1 Å². The molecule has 0 saturated heterocycles. The van der Waals surface area contributed by atoms with Crippen molar-refractivity contribution in [3.63, 3.8) is 0 Å². The number of hydrogen-bond acceptors (Lipinski definition) is 5. The molecule has 0 fully saturated rings. The fourth-order valence-electron chi connectivity index (χ4n) is 4.11. The van der Waals surface area contributed by atoms with Gasteiger partial charge in [-0.25, -0.2) is 14.5 Å². The Morgan fingerprint density at radius 2 is 1.97 bits per heavy atom. The first kappa shape index (κ1) is 19.7. The summed E-state index contributed by atoms with van der Waals surface area (Å²) in [5, 5.41) is 8.42. The zero-order valence-electron chi connectivity index (χ0n) is 17.0. The number of amides is 1. The van der Waals surface area contributed by atoms with Crippen LogP contribution in [0.5, 0.6) is 0 Å². The van der Waals surface area contributed by atoms with E-state index >= 15 is 0 Å². The molecule has 7 nitrogen and oxygen atoms in total. The smallest absolute Gasteiger partial charge is 0.350 e. The summed E-state index contributed by atoms with van der Waals surface area (Å²) in [6.45, 7) is 0.971. The summed E-state index contributed by atoms with van der Waals surface area (Å²) in [6, 6.07) is 13.6. The number of aromatic nitrogens is 4. The number of para-hydroxylation sites is 1. The molecule has 1 aliphatic carbocycles. The minimum absolute atomic E-state index is 0.0518.